The van der Waals surface area contributed by atoms with E-state index >= 15 is 0 Å². The zero-order chi connectivity index (χ0) is 23.8. The fraction of sp³-hybridized carbons (Fsp3) is 0.292. The summed E-state index contributed by atoms with van der Waals surface area (Å²) in [5.74, 6) is -0.174. The molecular weight excluding hydrogens is 445 g/mol. The SMILES string of the molecule is CSCC[C@H](Nc1cc(C2=CC(=C3C(=O)Nc4cc(F)ccc43)OC2(C)C)ccn1)C(=O)O. The fourth-order valence-corrected chi connectivity index (χ4v) is 4.43. The molecule has 3 N–H and O–H groups in total. The summed E-state index contributed by atoms with van der Waals surface area (Å²) >= 11 is 1.58. The Kier molecular flexibility index (Phi) is 6.16. The number of fused-ring (bicyclic) bond motifs is 1. The molecule has 2 aromatic rings. The number of pyridine rings is 1. The molecule has 0 saturated heterocycles. The van der Waals surface area contributed by atoms with Crippen LogP contribution in [0.25, 0.3) is 11.1 Å². The van der Waals surface area contributed by atoms with Crippen molar-refractivity contribution in [2.24, 2.45) is 0 Å². The van der Waals surface area contributed by atoms with Gasteiger partial charge in [0, 0.05) is 17.3 Å². The first-order valence-electron chi connectivity index (χ1n) is 10.4. The predicted molar refractivity (Wildman–Crippen MR) is 127 cm³/mol. The van der Waals surface area contributed by atoms with Crippen LogP contribution in [0, 0.1) is 5.82 Å². The molecule has 0 aliphatic carbocycles. The maximum Gasteiger partial charge on any atom is 0.326 e. The topological polar surface area (TPSA) is 101 Å². The summed E-state index contributed by atoms with van der Waals surface area (Å²) < 4.78 is 19.8. The predicted octanol–water partition coefficient (Wildman–Crippen LogP) is 4.39. The average Bonchev–Trinajstić information content (AvgIpc) is 3.25. The number of nitrogens with zero attached hydrogens (tertiary/aromatic N) is 1. The minimum absolute atomic E-state index is 0.350. The summed E-state index contributed by atoms with van der Waals surface area (Å²) in [7, 11) is 0. The van der Waals surface area contributed by atoms with Crippen molar-refractivity contribution >= 4 is 46.3 Å². The lowest BCUT2D eigenvalue weighted by Gasteiger charge is -2.24. The molecule has 7 nitrogen and oxygen atoms in total. The molecule has 0 saturated carbocycles. The zero-order valence-electron chi connectivity index (χ0n) is 18.4. The van der Waals surface area contributed by atoms with Gasteiger partial charge in [-0.05, 0) is 74.2 Å². The largest absolute Gasteiger partial charge is 0.482 e. The first-order valence-corrected chi connectivity index (χ1v) is 11.8. The molecule has 3 heterocycles. The number of hydrogen-bond donors (Lipinski definition) is 3. The van der Waals surface area contributed by atoms with Crippen LogP contribution in [0.3, 0.4) is 0 Å². The first kappa shape index (κ1) is 22.8. The number of rotatable bonds is 7. The summed E-state index contributed by atoms with van der Waals surface area (Å²) in [5, 5.41) is 15.2. The van der Waals surface area contributed by atoms with Crippen LogP contribution < -0.4 is 10.6 Å². The van der Waals surface area contributed by atoms with Crippen molar-refractivity contribution in [3.05, 3.63) is 65.3 Å². The highest BCUT2D eigenvalue weighted by molar-refractivity contribution is 7.98. The summed E-state index contributed by atoms with van der Waals surface area (Å²) in [5.41, 5.74) is 2.19. The van der Waals surface area contributed by atoms with E-state index in [1.165, 1.54) is 12.1 Å². The molecular formula is C24H24FN3O4S. The standard InChI is InChI=1S/C24H24FN3O4S/c1-24(2)16(13-6-8-26-20(10-13)27-17(23(30)31)7-9-33-3)12-19(32-24)21-15-5-4-14(25)11-18(15)28-22(21)29/h4-6,8,10-12,17H,7,9H2,1-3H3,(H,26,27)(H,28,29)(H,30,31)/t17-/m0/s1. The van der Waals surface area contributed by atoms with Gasteiger partial charge in [0.2, 0.25) is 0 Å². The van der Waals surface area contributed by atoms with Gasteiger partial charge in [0.1, 0.15) is 29.0 Å². The second kappa shape index (κ2) is 8.90. The van der Waals surface area contributed by atoms with Crippen LogP contribution in [-0.2, 0) is 14.3 Å². The van der Waals surface area contributed by atoms with Crippen molar-refractivity contribution in [3.8, 4) is 0 Å². The van der Waals surface area contributed by atoms with Gasteiger partial charge in [-0.2, -0.15) is 11.8 Å². The molecule has 0 radical (unpaired) electrons. The van der Waals surface area contributed by atoms with Gasteiger partial charge in [-0.15, -0.1) is 0 Å². The summed E-state index contributed by atoms with van der Waals surface area (Å²) in [6.07, 6.45) is 5.80. The summed E-state index contributed by atoms with van der Waals surface area (Å²) in [4.78, 5) is 28.5. The molecule has 4 rings (SSSR count). The Labute approximate surface area is 195 Å². The molecule has 0 spiro atoms. The van der Waals surface area contributed by atoms with E-state index < -0.39 is 23.4 Å². The highest BCUT2D eigenvalue weighted by Crippen LogP contribution is 2.44. The molecule has 1 aromatic carbocycles. The number of carbonyl (C=O) groups excluding carboxylic acids is 1. The minimum Gasteiger partial charge on any atom is -0.482 e. The molecule has 33 heavy (non-hydrogen) atoms. The number of carboxylic acid groups (broad SMARTS) is 1. The number of nitrogens with one attached hydrogen (secondary N) is 2. The maximum atomic E-state index is 13.6. The van der Waals surface area contributed by atoms with Crippen molar-refractivity contribution in [3.63, 3.8) is 0 Å². The van der Waals surface area contributed by atoms with E-state index in [2.05, 4.69) is 15.6 Å². The lowest BCUT2D eigenvalue weighted by Crippen LogP contribution is -2.30. The highest BCUT2D eigenvalue weighted by atomic mass is 32.2. The zero-order valence-corrected chi connectivity index (χ0v) is 19.3. The van der Waals surface area contributed by atoms with Gasteiger partial charge in [-0.25, -0.2) is 14.2 Å². The summed E-state index contributed by atoms with van der Waals surface area (Å²) in [6, 6.07) is 6.98. The lowest BCUT2D eigenvalue weighted by atomic mass is 9.92. The van der Waals surface area contributed by atoms with E-state index in [1.807, 2.05) is 26.2 Å². The van der Waals surface area contributed by atoms with Gasteiger partial charge in [0.25, 0.3) is 5.91 Å². The van der Waals surface area contributed by atoms with Crippen molar-refractivity contribution in [2.75, 3.05) is 22.6 Å². The molecule has 2 aliphatic heterocycles. The van der Waals surface area contributed by atoms with Crippen LogP contribution in [0.2, 0.25) is 0 Å². The average molecular weight is 470 g/mol. The Hall–Kier alpha value is -3.33. The quantitative estimate of drug-likeness (QED) is 0.517. The number of hydrogen-bond acceptors (Lipinski definition) is 6. The summed E-state index contributed by atoms with van der Waals surface area (Å²) in [6.45, 7) is 3.77. The smallest absolute Gasteiger partial charge is 0.326 e. The number of anilines is 2. The molecule has 1 aromatic heterocycles. The highest BCUT2D eigenvalue weighted by Gasteiger charge is 2.38. The number of halogens is 1. The van der Waals surface area contributed by atoms with Gasteiger partial charge in [0.05, 0.1) is 11.3 Å². The van der Waals surface area contributed by atoms with Crippen molar-refractivity contribution in [2.45, 2.75) is 31.9 Å². The number of aliphatic carboxylic acids is 1. The van der Waals surface area contributed by atoms with Crippen LogP contribution in [-0.4, -0.2) is 45.6 Å². The second-order valence-electron chi connectivity index (χ2n) is 8.30. The van der Waals surface area contributed by atoms with Crippen LogP contribution in [0.5, 0.6) is 0 Å². The van der Waals surface area contributed by atoms with E-state index in [9.17, 15) is 19.1 Å². The van der Waals surface area contributed by atoms with Gasteiger partial charge in [0.15, 0.2) is 0 Å². The van der Waals surface area contributed by atoms with Gasteiger partial charge in [-0.3, -0.25) is 4.79 Å². The number of benzene rings is 1. The van der Waals surface area contributed by atoms with E-state index in [4.69, 9.17) is 4.74 Å². The Morgan fingerprint density at radius 2 is 2.12 bits per heavy atom. The van der Waals surface area contributed by atoms with Crippen molar-refractivity contribution in [1.82, 2.24) is 4.98 Å². The van der Waals surface area contributed by atoms with E-state index in [0.717, 1.165) is 11.1 Å². The number of aromatic nitrogens is 1. The molecule has 1 amide bonds. The lowest BCUT2D eigenvalue weighted by molar-refractivity contribution is -0.138. The molecule has 0 fully saturated rings. The minimum atomic E-state index is -0.936. The molecule has 172 valence electrons. The van der Waals surface area contributed by atoms with Crippen LogP contribution in [0.4, 0.5) is 15.9 Å². The third-order valence-corrected chi connectivity index (χ3v) is 6.21. The Morgan fingerprint density at radius 3 is 2.85 bits per heavy atom. The van der Waals surface area contributed by atoms with Crippen LogP contribution >= 0.6 is 11.8 Å². The van der Waals surface area contributed by atoms with E-state index in [-0.39, 0.29) is 5.91 Å². The van der Waals surface area contributed by atoms with Crippen LogP contribution in [0.1, 0.15) is 31.4 Å². The Bertz CT molecular complexity index is 1190. The van der Waals surface area contributed by atoms with Gasteiger partial charge < -0.3 is 20.5 Å². The normalized spacial score (nSPS) is 19.4. The second-order valence-corrected chi connectivity index (χ2v) is 9.29. The fourth-order valence-electron chi connectivity index (χ4n) is 3.96. The van der Waals surface area contributed by atoms with Crippen molar-refractivity contribution in [1.29, 1.82) is 0 Å². The molecule has 0 unspecified atom stereocenters. The number of carboxylic acids is 1. The molecule has 2 aliphatic rings. The van der Waals surface area contributed by atoms with E-state index in [0.29, 0.717) is 40.6 Å². The van der Waals surface area contributed by atoms with Crippen molar-refractivity contribution < 1.29 is 23.8 Å². The molecule has 0 bridgehead atoms. The number of carbonyl (C=O) groups is 2. The van der Waals surface area contributed by atoms with Crippen LogP contribution in [0.15, 0.2) is 48.4 Å². The van der Waals surface area contributed by atoms with Gasteiger partial charge in [-0.1, -0.05) is 0 Å². The third-order valence-electron chi connectivity index (χ3n) is 5.56. The Morgan fingerprint density at radius 1 is 1.33 bits per heavy atom. The maximum absolute atomic E-state index is 13.6. The molecule has 1 atom stereocenters. The molecule has 9 heteroatoms. The first-order chi connectivity index (χ1) is 15.7. The van der Waals surface area contributed by atoms with Gasteiger partial charge >= 0.3 is 5.97 Å². The number of allylic oxidation sites excluding steroid dienone is 1. The van der Waals surface area contributed by atoms with E-state index in [1.54, 1.807) is 36.2 Å². The monoisotopic (exact) mass is 469 g/mol. The number of amides is 1. The number of ether oxygens (including phenoxy) is 1. The number of thioether (sulfide) groups is 1. The Balaban J connectivity index is 1.69. The third kappa shape index (κ3) is 4.59.